The maximum atomic E-state index is 14.2. The van der Waals surface area contributed by atoms with E-state index in [1.54, 1.807) is 31.4 Å². The van der Waals surface area contributed by atoms with Crippen molar-refractivity contribution in [3.05, 3.63) is 53.9 Å². The van der Waals surface area contributed by atoms with Crippen LogP contribution in [0.2, 0.25) is 0 Å². The molecule has 3 rings (SSSR count). The average molecular weight is 374 g/mol. The number of aromatic nitrogens is 1. The second kappa shape index (κ2) is 8.33. The molecule has 5 nitrogen and oxygen atoms in total. The van der Waals surface area contributed by atoms with Crippen molar-refractivity contribution in [2.45, 2.75) is 31.7 Å². The minimum Gasteiger partial charge on any atom is -0.373 e. The molecular weight excluding hydrogens is 350 g/mol. The lowest BCUT2D eigenvalue weighted by molar-refractivity contribution is 0.189. The first-order valence-corrected chi connectivity index (χ1v) is 9.11. The van der Waals surface area contributed by atoms with Crippen LogP contribution in [0.5, 0.6) is 0 Å². The molecule has 1 aromatic heterocycles. The van der Waals surface area contributed by atoms with Gasteiger partial charge >= 0.3 is 6.03 Å². The molecule has 1 aromatic carbocycles. The van der Waals surface area contributed by atoms with E-state index in [2.05, 4.69) is 10.3 Å². The predicted octanol–water partition coefficient (Wildman–Crippen LogP) is 4.58. The highest BCUT2D eigenvalue weighted by Crippen LogP contribution is 2.31. The molecule has 0 saturated carbocycles. The third-order valence-electron chi connectivity index (χ3n) is 4.82. The maximum Gasteiger partial charge on any atom is 0.322 e. The number of halogens is 2. The molecule has 0 spiro atoms. The van der Waals surface area contributed by atoms with Gasteiger partial charge in [-0.1, -0.05) is 12.8 Å². The van der Waals surface area contributed by atoms with Gasteiger partial charge in [-0.3, -0.25) is 4.98 Å². The van der Waals surface area contributed by atoms with Gasteiger partial charge in [0.1, 0.15) is 5.69 Å². The molecule has 27 heavy (non-hydrogen) atoms. The van der Waals surface area contributed by atoms with Crippen LogP contribution in [0.1, 0.15) is 37.3 Å². The van der Waals surface area contributed by atoms with E-state index in [1.165, 1.54) is 4.90 Å². The number of carbonyl (C=O) groups excluding carboxylic acids is 1. The largest absolute Gasteiger partial charge is 0.373 e. The lowest BCUT2D eigenvalue weighted by Crippen LogP contribution is -2.38. The number of hydrogen-bond donors (Lipinski definition) is 1. The molecule has 1 aliphatic rings. The molecule has 0 unspecified atom stereocenters. The fourth-order valence-electron chi connectivity index (χ4n) is 3.54. The molecular formula is C20H24F2N4O. The van der Waals surface area contributed by atoms with E-state index in [-0.39, 0.29) is 23.4 Å². The van der Waals surface area contributed by atoms with Crippen LogP contribution in [-0.4, -0.2) is 36.6 Å². The van der Waals surface area contributed by atoms with Crippen molar-refractivity contribution in [2.24, 2.45) is 0 Å². The number of amides is 2. The standard InChI is InChI=1S/C20H24F2N4O/c1-25(2)19-16(21)12-15(13-17(19)22)24-20(27)26-11-5-3-4-6-18(26)14-7-9-23-10-8-14/h7-10,12-13,18H,3-6,11H2,1-2H3,(H,24,27)/t18-/m0/s1. The van der Waals surface area contributed by atoms with Gasteiger partial charge in [0.15, 0.2) is 11.6 Å². The van der Waals surface area contributed by atoms with Crippen LogP contribution in [0.4, 0.5) is 25.0 Å². The second-order valence-electron chi connectivity index (χ2n) is 6.95. The van der Waals surface area contributed by atoms with Crippen LogP contribution in [-0.2, 0) is 0 Å². The number of hydrogen-bond acceptors (Lipinski definition) is 3. The number of carbonyl (C=O) groups is 1. The Morgan fingerprint density at radius 2 is 1.81 bits per heavy atom. The van der Waals surface area contributed by atoms with Gasteiger partial charge in [0, 0.05) is 38.7 Å². The van der Waals surface area contributed by atoms with Gasteiger partial charge in [-0.2, -0.15) is 0 Å². The van der Waals surface area contributed by atoms with Crippen molar-refractivity contribution >= 4 is 17.4 Å². The molecule has 1 fully saturated rings. The SMILES string of the molecule is CN(C)c1c(F)cc(NC(=O)N2CCCCC[C@H]2c2ccncc2)cc1F. The molecule has 0 bridgehead atoms. The van der Waals surface area contributed by atoms with Crippen molar-refractivity contribution in [1.29, 1.82) is 0 Å². The van der Waals surface area contributed by atoms with Crippen LogP contribution in [0.3, 0.4) is 0 Å². The Kier molecular flexibility index (Phi) is 5.88. The van der Waals surface area contributed by atoms with Gasteiger partial charge in [0.2, 0.25) is 0 Å². The highest BCUT2D eigenvalue weighted by atomic mass is 19.1. The smallest absolute Gasteiger partial charge is 0.322 e. The van der Waals surface area contributed by atoms with Crippen molar-refractivity contribution in [1.82, 2.24) is 9.88 Å². The summed E-state index contributed by atoms with van der Waals surface area (Å²) in [7, 11) is 3.13. The van der Waals surface area contributed by atoms with Gasteiger partial charge in [-0.25, -0.2) is 13.6 Å². The first-order valence-electron chi connectivity index (χ1n) is 9.11. The molecule has 0 aliphatic carbocycles. The van der Waals surface area contributed by atoms with Crippen LogP contribution in [0.25, 0.3) is 0 Å². The van der Waals surface area contributed by atoms with Gasteiger partial charge in [0.05, 0.1) is 6.04 Å². The number of benzene rings is 1. The summed E-state index contributed by atoms with van der Waals surface area (Å²) in [6, 6.07) is 5.68. The Morgan fingerprint density at radius 3 is 2.44 bits per heavy atom. The second-order valence-corrected chi connectivity index (χ2v) is 6.95. The monoisotopic (exact) mass is 374 g/mol. The Bertz CT molecular complexity index is 775. The number of likely N-dealkylation sites (tertiary alicyclic amines) is 1. The van der Waals surface area contributed by atoms with E-state index in [0.29, 0.717) is 6.54 Å². The highest BCUT2D eigenvalue weighted by molar-refractivity contribution is 5.90. The summed E-state index contributed by atoms with van der Waals surface area (Å²) in [4.78, 5) is 20.0. The summed E-state index contributed by atoms with van der Waals surface area (Å²) in [5.41, 5.74) is 0.998. The minimum atomic E-state index is -0.711. The minimum absolute atomic E-state index is 0.0776. The normalized spacial score (nSPS) is 17.3. The first kappa shape index (κ1) is 19.1. The van der Waals surface area contributed by atoms with E-state index in [9.17, 15) is 13.6 Å². The topological polar surface area (TPSA) is 48.5 Å². The first-order chi connectivity index (χ1) is 13.0. The summed E-state index contributed by atoms with van der Waals surface area (Å²) in [6.45, 7) is 0.597. The molecule has 144 valence electrons. The Labute approximate surface area is 158 Å². The molecule has 1 N–H and O–H groups in total. The van der Waals surface area contributed by atoms with Gasteiger partial charge in [0.25, 0.3) is 0 Å². The summed E-state index contributed by atoms with van der Waals surface area (Å²) in [6.07, 6.45) is 7.24. The number of nitrogens with zero attached hydrogens (tertiary/aromatic N) is 3. The fraction of sp³-hybridized carbons (Fsp3) is 0.400. The summed E-state index contributed by atoms with van der Waals surface area (Å²) in [5.74, 6) is -1.42. The summed E-state index contributed by atoms with van der Waals surface area (Å²) < 4.78 is 28.4. The molecule has 2 heterocycles. The van der Waals surface area contributed by atoms with Crippen LogP contribution < -0.4 is 10.2 Å². The van der Waals surface area contributed by atoms with Crippen molar-refractivity contribution in [3.63, 3.8) is 0 Å². The molecule has 2 amide bonds. The maximum absolute atomic E-state index is 14.2. The van der Waals surface area contributed by atoms with Gasteiger partial charge in [-0.15, -0.1) is 0 Å². The van der Waals surface area contributed by atoms with Crippen molar-refractivity contribution < 1.29 is 13.6 Å². The number of nitrogens with one attached hydrogen (secondary N) is 1. The average Bonchev–Trinajstić information content (AvgIpc) is 2.87. The third kappa shape index (κ3) is 4.35. The van der Waals surface area contributed by atoms with E-state index >= 15 is 0 Å². The number of urea groups is 1. The molecule has 1 saturated heterocycles. The number of anilines is 2. The van der Waals surface area contributed by atoms with E-state index in [1.807, 2.05) is 12.1 Å². The molecule has 1 atom stereocenters. The molecule has 0 radical (unpaired) electrons. The Hall–Kier alpha value is -2.70. The predicted molar refractivity (Wildman–Crippen MR) is 102 cm³/mol. The summed E-state index contributed by atoms with van der Waals surface area (Å²) >= 11 is 0. The van der Waals surface area contributed by atoms with E-state index < -0.39 is 11.6 Å². The number of pyridine rings is 1. The zero-order valence-corrected chi connectivity index (χ0v) is 15.6. The van der Waals surface area contributed by atoms with E-state index in [0.717, 1.165) is 43.4 Å². The molecule has 7 heteroatoms. The van der Waals surface area contributed by atoms with E-state index in [4.69, 9.17) is 0 Å². The zero-order valence-electron chi connectivity index (χ0n) is 15.6. The Morgan fingerprint density at radius 1 is 1.15 bits per heavy atom. The van der Waals surface area contributed by atoms with Crippen molar-refractivity contribution in [3.8, 4) is 0 Å². The lowest BCUT2D eigenvalue weighted by atomic mass is 10.0. The summed E-state index contributed by atoms with van der Waals surface area (Å²) in [5, 5.41) is 2.66. The van der Waals surface area contributed by atoms with Gasteiger partial charge < -0.3 is 15.1 Å². The lowest BCUT2D eigenvalue weighted by Gasteiger charge is -2.30. The van der Waals surface area contributed by atoms with Gasteiger partial charge in [-0.05, 0) is 42.7 Å². The third-order valence-corrected chi connectivity index (χ3v) is 4.82. The van der Waals surface area contributed by atoms with Crippen LogP contribution >= 0.6 is 0 Å². The quantitative estimate of drug-likeness (QED) is 0.856. The van der Waals surface area contributed by atoms with Crippen LogP contribution in [0, 0.1) is 11.6 Å². The van der Waals surface area contributed by atoms with Crippen LogP contribution in [0.15, 0.2) is 36.7 Å². The highest BCUT2D eigenvalue weighted by Gasteiger charge is 2.27. The fourth-order valence-corrected chi connectivity index (χ4v) is 3.54. The molecule has 2 aromatic rings. The number of rotatable bonds is 3. The molecule has 1 aliphatic heterocycles. The zero-order chi connectivity index (χ0) is 19.4. The Balaban J connectivity index is 1.83. The van der Waals surface area contributed by atoms with Crippen molar-refractivity contribution in [2.75, 3.05) is 30.9 Å².